The maximum absolute atomic E-state index is 11.7. The predicted molar refractivity (Wildman–Crippen MR) is 78.5 cm³/mol. The molecule has 0 saturated heterocycles. The molecule has 1 aromatic rings. The summed E-state index contributed by atoms with van der Waals surface area (Å²) in [5, 5.41) is 0. The van der Waals surface area contributed by atoms with Crippen LogP contribution in [0.3, 0.4) is 0 Å². The summed E-state index contributed by atoms with van der Waals surface area (Å²) < 4.78 is 1.08. The molecule has 0 heterocycles. The molecule has 0 bridgehead atoms. The highest BCUT2D eigenvalue weighted by atomic mass is 79.9. The Bertz CT molecular complexity index is 407. The van der Waals surface area contributed by atoms with Gasteiger partial charge in [-0.1, -0.05) is 22.0 Å². The van der Waals surface area contributed by atoms with E-state index in [1.54, 1.807) is 4.90 Å². The number of benzene rings is 1. The summed E-state index contributed by atoms with van der Waals surface area (Å²) >= 11 is 3.47. The first-order valence-corrected chi connectivity index (χ1v) is 7.03. The molecule has 1 aromatic carbocycles. The molecule has 0 spiro atoms. The lowest BCUT2D eigenvalue weighted by atomic mass is 10.1. The first-order valence-electron chi connectivity index (χ1n) is 6.23. The van der Waals surface area contributed by atoms with Gasteiger partial charge in [-0.2, -0.15) is 0 Å². The lowest BCUT2D eigenvalue weighted by Crippen LogP contribution is -2.29. The highest BCUT2D eigenvalue weighted by Crippen LogP contribution is 2.16. The van der Waals surface area contributed by atoms with Crippen molar-refractivity contribution in [1.29, 1.82) is 0 Å². The van der Waals surface area contributed by atoms with Gasteiger partial charge in [-0.25, -0.2) is 0 Å². The monoisotopic (exact) mass is 312 g/mol. The van der Waals surface area contributed by atoms with Gasteiger partial charge in [0.05, 0.1) is 0 Å². The van der Waals surface area contributed by atoms with Crippen LogP contribution in [0, 0.1) is 6.92 Å². The van der Waals surface area contributed by atoms with E-state index >= 15 is 0 Å². The Hall–Kier alpha value is -0.870. The predicted octanol–water partition coefficient (Wildman–Crippen LogP) is 2.50. The standard InChI is InChI=1S/C14H21BrN2O/c1-11-5-6-13(15)10-12(11)7-9-17(2)14(18)4-3-8-16/h5-6,10H,3-4,7-9,16H2,1-2H3. The average molecular weight is 313 g/mol. The van der Waals surface area contributed by atoms with Gasteiger partial charge in [0.2, 0.25) is 5.91 Å². The Kier molecular flexibility index (Phi) is 6.36. The fraction of sp³-hybridized carbons (Fsp3) is 0.500. The van der Waals surface area contributed by atoms with Crippen molar-refractivity contribution in [2.45, 2.75) is 26.2 Å². The van der Waals surface area contributed by atoms with E-state index < -0.39 is 0 Å². The van der Waals surface area contributed by atoms with E-state index in [2.05, 4.69) is 35.0 Å². The first-order chi connectivity index (χ1) is 8.54. The second kappa shape index (κ2) is 7.54. The number of rotatable bonds is 6. The number of halogens is 1. The minimum atomic E-state index is 0.174. The lowest BCUT2D eigenvalue weighted by Gasteiger charge is -2.17. The Balaban J connectivity index is 2.49. The van der Waals surface area contributed by atoms with Gasteiger partial charge in [-0.05, 0) is 49.6 Å². The van der Waals surface area contributed by atoms with Crippen molar-refractivity contribution < 1.29 is 4.79 Å². The molecule has 3 nitrogen and oxygen atoms in total. The van der Waals surface area contributed by atoms with Gasteiger partial charge in [0, 0.05) is 24.5 Å². The zero-order valence-electron chi connectivity index (χ0n) is 11.1. The van der Waals surface area contributed by atoms with Crippen LogP contribution in [0.5, 0.6) is 0 Å². The van der Waals surface area contributed by atoms with Crippen molar-refractivity contribution in [1.82, 2.24) is 4.90 Å². The summed E-state index contributed by atoms with van der Waals surface area (Å²) in [4.78, 5) is 13.5. The Morgan fingerprint density at radius 3 is 2.83 bits per heavy atom. The van der Waals surface area contributed by atoms with Crippen LogP contribution in [-0.4, -0.2) is 30.9 Å². The number of amides is 1. The maximum atomic E-state index is 11.7. The smallest absolute Gasteiger partial charge is 0.222 e. The van der Waals surface area contributed by atoms with Crippen LogP contribution >= 0.6 is 15.9 Å². The molecule has 0 saturated carbocycles. The van der Waals surface area contributed by atoms with Gasteiger partial charge in [-0.15, -0.1) is 0 Å². The molecule has 0 aliphatic rings. The van der Waals surface area contributed by atoms with Crippen molar-refractivity contribution >= 4 is 21.8 Å². The van der Waals surface area contributed by atoms with E-state index in [4.69, 9.17) is 5.73 Å². The second-order valence-corrected chi connectivity index (χ2v) is 5.44. The van der Waals surface area contributed by atoms with Crippen LogP contribution in [0.25, 0.3) is 0 Å². The van der Waals surface area contributed by atoms with Crippen LogP contribution in [0.2, 0.25) is 0 Å². The third-order valence-corrected chi connectivity index (χ3v) is 3.54. The highest BCUT2D eigenvalue weighted by Gasteiger charge is 2.08. The number of nitrogens with two attached hydrogens (primary N) is 1. The van der Waals surface area contributed by atoms with Gasteiger partial charge in [-0.3, -0.25) is 4.79 Å². The van der Waals surface area contributed by atoms with Crippen LogP contribution in [-0.2, 0) is 11.2 Å². The van der Waals surface area contributed by atoms with E-state index in [0.717, 1.165) is 23.9 Å². The molecule has 0 fully saturated rings. The van der Waals surface area contributed by atoms with E-state index in [1.165, 1.54) is 11.1 Å². The van der Waals surface area contributed by atoms with Gasteiger partial charge in [0.15, 0.2) is 0 Å². The van der Waals surface area contributed by atoms with Crippen LogP contribution in [0.1, 0.15) is 24.0 Å². The van der Waals surface area contributed by atoms with Crippen molar-refractivity contribution in [3.63, 3.8) is 0 Å². The summed E-state index contributed by atoms with van der Waals surface area (Å²) in [7, 11) is 1.85. The van der Waals surface area contributed by atoms with E-state index in [1.807, 2.05) is 13.1 Å². The maximum Gasteiger partial charge on any atom is 0.222 e. The van der Waals surface area contributed by atoms with Crippen LogP contribution in [0.15, 0.2) is 22.7 Å². The number of carbonyl (C=O) groups is 1. The number of hydrogen-bond donors (Lipinski definition) is 1. The SMILES string of the molecule is Cc1ccc(Br)cc1CCN(C)C(=O)CCCN. The summed E-state index contributed by atoms with van der Waals surface area (Å²) in [6, 6.07) is 6.25. The minimum absolute atomic E-state index is 0.174. The number of likely N-dealkylation sites (N-methyl/N-ethyl adjacent to an activating group) is 1. The lowest BCUT2D eigenvalue weighted by molar-refractivity contribution is -0.129. The van der Waals surface area contributed by atoms with Crippen LogP contribution in [0.4, 0.5) is 0 Å². The molecule has 0 unspecified atom stereocenters. The normalized spacial score (nSPS) is 10.4. The number of nitrogens with zero attached hydrogens (tertiary/aromatic N) is 1. The molecule has 2 N–H and O–H groups in total. The third kappa shape index (κ3) is 4.78. The van der Waals surface area contributed by atoms with Crippen LogP contribution < -0.4 is 5.73 Å². The topological polar surface area (TPSA) is 46.3 Å². The molecule has 100 valence electrons. The summed E-state index contributed by atoms with van der Waals surface area (Å²) in [5.74, 6) is 0.174. The van der Waals surface area contributed by atoms with Crippen molar-refractivity contribution in [2.75, 3.05) is 20.1 Å². The molecule has 1 amide bonds. The summed E-state index contributed by atoms with van der Waals surface area (Å²) in [6.45, 7) is 3.42. The van der Waals surface area contributed by atoms with Crippen molar-refractivity contribution in [3.8, 4) is 0 Å². The Morgan fingerprint density at radius 2 is 2.17 bits per heavy atom. The molecular formula is C14H21BrN2O. The largest absolute Gasteiger partial charge is 0.345 e. The zero-order valence-corrected chi connectivity index (χ0v) is 12.7. The fourth-order valence-corrected chi connectivity index (χ4v) is 2.17. The van der Waals surface area contributed by atoms with Gasteiger partial charge < -0.3 is 10.6 Å². The quantitative estimate of drug-likeness (QED) is 0.877. The summed E-state index contributed by atoms with van der Waals surface area (Å²) in [6.07, 6.45) is 2.19. The van der Waals surface area contributed by atoms with Gasteiger partial charge >= 0.3 is 0 Å². The van der Waals surface area contributed by atoms with Crippen molar-refractivity contribution in [3.05, 3.63) is 33.8 Å². The first kappa shape index (κ1) is 15.2. The van der Waals surface area contributed by atoms with Gasteiger partial charge in [0.25, 0.3) is 0 Å². The molecule has 0 aliphatic carbocycles. The number of hydrogen-bond acceptors (Lipinski definition) is 2. The molecule has 1 rings (SSSR count). The molecule has 0 atom stereocenters. The molecule has 0 aliphatic heterocycles. The van der Waals surface area contributed by atoms with Crippen molar-refractivity contribution in [2.24, 2.45) is 5.73 Å². The zero-order chi connectivity index (χ0) is 13.5. The number of aryl methyl sites for hydroxylation is 1. The second-order valence-electron chi connectivity index (χ2n) is 4.53. The molecule has 0 radical (unpaired) electrons. The molecule has 0 aromatic heterocycles. The Labute approximate surface area is 117 Å². The van der Waals surface area contributed by atoms with E-state index in [0.29, 0.717) is 13.0 Å². The minimum Gasteiger partial charge on any atom is -0.345 e. The molecule has 4 heteroatoms. The third-order valence-electron chi connectivity index (χ3n) is 3.05. The van der Waals surface area contributed by atoms with E-state index in [-0.39, 0.29) is 5.91 Å². The average Bonchev–Trinajstić information content (AvgIpc) is 2.36. The number of carbonyl (C=O) groups excluding carboxylic acids is 1. The molecule has 18 heavy (non-hydrogen) atoms. The van der Waals surface area contributed by atoms with Gasteiger partial charge in [0.1, 0.15) is 0 Å². The Morgan fingerprint density at radius 1 is 1.44 bits per heavy atom. The summed E-state index contributed by atoms with van der Waals surface area (Å²) in [5.41, 5.74) is 7.95. The highest BCUT2D eigenvalue weighted by molar-refractivity contribution is 9.10. The molecular weight excluding hydrogens is 292 g/mol. The van der Waals surface area contributed by atoms with E-state index in [9.17, 15) is 4.79 Å². The fourth-order valence-electron chi connectivity index (χ4n) is 1.77.